The van der Waals surface area contributed by atoms with E-state index in [1.165, 1.54) is 24.3 Å². The molecule has 3 rings (SSSR count). The third kappa shape index (κ3) is 6.06. The zero-order chi connectivity index (χ0) is 21.4. The van der Waals surface area contributed by atoms with Gasteiger partial charge in [0.05, 0.1) is 4.90 Å². The lowest BCUT2D eigenvalue weighted by molar-refractivity contribution is -0.131. The molecule has 0 aliphatic carbocycles. The quantitative estimate of drug-likeness (QED) is 0.707. The number of amides is 2. The van der Waals surface area contributed by atoms with Crippen LogP contribution in [0.3, 0.4) is 0 Å². The van der Waals surface area contributed by atoms with E-state index in [4.69, 9.17) is 0 Å². The summed E-state index contributed by atoms with van der Waals surface area (Å²) in [7, 11) is -3.73. The van der Waals surface area contributed by atoms with Crippen molar-refractivity contribution in [2.24, 2.45) is 0 Å². The second-order valence-electron chi connectivity index (χ2n) is 7.30. The van der Waals surface area contributed by atoms with Crippen LogP contribution in [0.2, 0.25) is 0 Å². The lowest BCUT2D eigenvalue weighted by Crippen LogP contribution is -2.35. The molecule has 7 nitrogen and oxygen atoms in total. The number of benzene rings is 2. The summed E-state index contributed by atoms with van der Waals surface area (Å²) in [5, 5.41) is 2.73. The van der Waals surface area contributed by atoms with E-state index in [1.807, 2.05) is 4.90 Å². The van der Waals surface area contributed by atoms with Gasteiger partial charge in [-0.2, -0.15) is 0 Å². The van der Waals surface area contributed by atoms with Gasteiger partial charge >= 0.3 is 0 Å². The third-order valence-corrected chi connectivity index (χ3v) is 6.43. The molecule has 0 unspecified atom stereocenters. The average Bonchev–Trinajstić information content (AvgIpc) is 3.04. The monoisotopic (exact) mass is 429 g/mol. The molecule has 1 aliphatic heterocycles. The summed E-state index contributed by atoms with van der Waals surface area (Å²) in [6.45, 7) is 1.84. The molecule has 1 fully saturated rings. The Kier molecular flexibility index (Phi) is 7.46. The number of nitrogens with one attached hydrogen (secondary N) is 2. The van der Waals surface area contributed by atoms with Gasteiger partial charge in [-0.25, -0.2) is 8.42 Å². The van der Waals surface area contributed by atoms with Gasteiger partial charge in [-0.15, -0.1) is 0 Å². The van der Waals surface area contributed by atoms with Gasteiger partial charge in [0, 0.05) is 37.3 Å². The standard InChI is InChI=1S/C22H27N3O4S/c26-21(25-16-6-1-2-7-17-25)14-15-23-22(27)18-10-12-20(13-11-18)30(28,29)24-19-8-4-3-5-9-19/h3-5,8-13,24H,1-2,6-7,14-17H2,(H,23,27). The van der Waals surface area contributed by atoms with E-state index >= 15 is 0 Å². The molecule has 0 saturated carbocycles. The van der Waals surface area contributed by atoms with E-state index in [-0.39, 0.29) is 29.7 Å². The number of para-hydroxylation sites is 1. The fourth-order valence-corrected chi connectivity index (χ4v) is 4.43. The van der Waals surface area contributed by atoms with E-state index in [1.54, 1.807) is 30.3 Å². The molecule has 2 aromatic rings. The normalized spacial score (nSPS) is 14.6. The first-order chi connectivity index (χ1) is 14.5. The molecule has 1 heterocycles. The minimum atomic E-state index is -3.73. The van der Waals surface area contributed by atoms with E-state index < -0.39 is 10.0 Å². The van der Waals surface area contributed by atoms with Gasteiger partial charge < -0.3 is 10.2 Å². The van der Waals surface area contributed by atoms with Gasteiger partial charge in [0.25, 0.3) is 15.9 Å². The van der Waals surface area contributed by atoms with E-state index in [2.05, 4.69) is 10.0 Å². The number of hydrogen-bond donors (Lipinski definition) is 2. The van der Waals surface area contributed by atoms with Gasteiger partial charge in [0.2, 0.25) is 5.91 Å². The minimum Gasteiger partial charge on any atom is -0.352 e. The van der Waals surface area contributed by atoms with Crippen LogP contribution in [-0.4, -0.2) is 44.8 Å². The lowest BCUT2D eigenvalue weighted by Gasteiger charge is -2.20. The predicted molar refractivity (Wildman–Crippen MR) is 116 cm³/mol. The minimum absolute atomic E-state index is 0.0608. The van der Waals surface area contributed by atoms with Gasteiger partial charge in [0.15, 0.2) is 0 Å². The van der Waals surface area contributed by atoms with Crippen molar-refractivity contribution < 1.29 is 18.0 Å². The first kappa shape index (κ1) is 21.8. The second kappa shape index (κ2) is 10.2. The SMILES string of the molecule is O=C(NCCC(=O)N1CCCCCC1)c1ccc(S(=O)(=O)Nc2ccccc2)cc1. The van der Waals surface area contributed by atoms with Crippen molar-refractivity contribution in [1.82, 2.24) is 10.2 Å². The first-order valence-electron chi connectivity index (χ1n) is 10.2. The van der Waals surface area contributed by atoms with Crippen LogP contribution in [0.4, 0.5) is 5.69 Å². The van der Waals surface area contributed by atoms with E-state index in [0.29, 0.717) is 11.3 Å². The molecule has 2 amide bonds. The maximum Gasteiger partial charge on any atom is 0.261 e. The summed E-state index contributed by atoms with van der Waals surface area (Å²) >= 11 is 0. The second-order valence-corrected chi connectivity index (χ2v) is 8.98. The van der Waals surface area contributed by atoms with Crippen LogP contribution in [0.15, 0.2) is 59.5 Å². The number of hydrogen-bond acceptors (Lipinski definition) is 4. The van der Waals surface area contributed by atoms with Crippen molar-refractivity contribution in [3.8, 4) is 0 Å². The number of rotatable bonds is 7. The largest absolute Gasteiger partial charge is 0.352 e. The van der Waals surface area contributed by atoms with Crippen molar-refractivity contribution in [2.45, 2.75) is 37.0 Å². The van der Waals surface area contributed by atoms with Crippen LogP contribution < -0.4 is 10.0 Å². The molecule has 1 aliphatic rings. The van der Waals surface area contributed by atoms with Crippen molar-refractivity contribution in [3.05, 3.63) is 60.2 Å². The summed E-state index contributed by atoms with van der Waals surface area (Å²) in [4.78, 5) is 26.5. The van der Waals surface area contributed by atoms with Gasteiger partial charge in [-0.1, -0.05) is 31.0 Å². The predicted octanol–water partition coefficient (Wildman–Crippen LogP) is 3.01. The zero-order valence-corrected chi connectivity index (χ0v) is 17.7. The molecule has 30 heavy (non-hydrogen) atoms. The Balaban J connectivity index is 1.51. The number of anilines is 1. The number of sulfonamides is 1. The van der Waals surface area contributed by atoms with Crippen LogP contribution >= 0.6 is 0 Å². The van der Waals surface area contributed by atoms with Crippen molar-refractivity contribution >= 4 is 27.5 Å². The molecule has 8 heteroatoms. The van der Waals surface area contributed by atoms with Crippen molar-refractivity contribution in [1.29, 1.82) is 0 Å². The Bertz CT molecular complexity index is 952. The first-order valence-corrected chi connectivity index (χ1v) is 11.7. The van der Waals surface area contributed by atoms with Crippen LogP contribution in [-0.2, 0) is 14.8 Å². The molecule has 0 atom stereocenters. The van der Waals surface area contributed by atoms with Crippen molar-refractivity contribution in [2.75, 3.05) is 24.4 Å². The highest BCUT2D eigenvalue weighted by Gasteiger charge is 2.17. The highest BCUT2D eigenvalue weighted by atomic mass is 32.2. The van der Waals surface area contributed by atoms with Gasteiger partial charge in [-0.05, 0) is 49.2 Å². The Labute approximate surface area is 177 Å². The molecule has 160 valence electrons. The van der Waals surface area contributed by atoms with Crippen molar-refractivity contribution in [3.63, 3.8) is 0 Å². The molecule has 0 spiro atoms. The lowest BCUT2D eigenvalue weighted by atomic mass is 10.2. The fourth-order valence-electron chi connectivity index (χ4n) is 3.37. The Morgan fingerprint density at radius 3 is 2.13 bits per heavy atom. The number of nitrogens with zero attached hydrogens (tertiary/aromatic N) is 1. The average molecular weight is 430 g/mol. The topological polar surface area (TPSA) is 95.6 Å². The summed E-state index contributed by atoms with van der Waals surface area (Å²) in [6.07, 6.45) is 4.65. The number of carbonyl (C=O) groups is 2. The molecule has 0 radical (unpaired) electrons. The number of likely N-dealkylation sites (tertiary alicyclic amines) is 1. The summed E-state index contributed by atoms with van der Waals surface area (Å²) in [6, 6.07) is 14.3. The van der Waals surface area contributed by atoms with E-state index in [0.717, 1.165) is 38.8 Å². The number of carbonyl (C=O) groups excluding carboxylic acids is 2. The molecule has 2 N–H and O–H groups in total. The van der Waals surface area contributed by atoms with E-state index in [9.17, 15) is 18.0 Å². The highest BCUT2D eigenvalue weighted by Crippen LogP contribution is 2.16. The smallest absolute Gasteiger partial charge is 0.261 e. The fraction of sp³-hybridized carbons (Fsp3) is 0.364. The molecular formula is C22H27N3O4S. The molecule has 0 aromatic heterocycles. The van der Waals surface area contributed by atoms with Crippen LogP contribution in [0, 0.1) is 0 Å². The zero-order valence-electron chi connectivity index (χ0n) is 16.8. The van der Waals surface area contributed by atoms with Crippen LogP contribution in [0.5, 0.6) is 0 Å². The van der Waals surface area contributed by atoms with Gasteiger partial charge in [-0.3, -0.25) is 14.3 Å². The summed E-state index contributed by atoms with van der Waals surface area (Å²) < 4.78 is 27.4. The molecule has 2 aromatic carbocycles. The highest BCUT2D eigenvalue weighted by molar-refractivity contribution is 7.92. The Hall–Kier alpha value is -2.87. The van der Waals surface area contributed by atoms with Crippen LogP contribution in [0.1, 0.15) is 42.5 Å². The third-order valence-electron chi connectivity index (χ3n) is 5.04. The maximum atomic E-state index is 12.5. The Morgan fingerprint density at radius 2 is 1.50 bits per heavy atom. The summed E-state index contributed by atoms with van der Waals surface area (Å²) in [5.74, 6) is -0.274. The summed E-state index contributed by atoms with van der Waals surface area (Å²) in [5.41, 5.74) is 0.810. The molecule has 1 saturated heterocycles. The molecular weight excluding hydrogens is 402 g/mol. The molecule has 0 bridgehead atoms. The Morgan fingerprint density at radius 1 is 0.867 bits per heavy atom. The maximum absolute atomic E-state index is 12.5. The van der Waals surface area contributed by atoms with Gasteiger partial charge in [0.1, 0.15) is 0 Å². The van der Waals surface area contributed by atoms with Crippen LogP contribution in [0.25, 0.3) is 0 Å².